The fourth-order valence-electron chi connectivity index (χ4n) is 1.99. The van der Waals surface area contributed by atoms with E-state index in [0.717, 1.165) is 31.6 Å². The number of nitrogens with two attached hydrogens (primary N) is 1. The molecule has 4 N–H and O–H groups in total. The van der Waals surface area contributed by atoms with Crippen molar-refractivity contribution < 1.29 is 9.90 Å². The minimum atomic E-state index is -1.09. The molecule has 5 heteroatoms. The highest BCUT2D eigenvalue weighted by Gasteiger charge is 2.42. The molecule has 0 spiro atoms. The van der Waals surface area contributed by atoms with E-state index in [4.69, 9.17) is 5.73 Å². The molecule has 0 aliphatic carbocycles. The van der Waals surface area contributed by atoms with E-state index >= 15 is 0 Å². The molecule has 1 saturated heterocycles. The Labute approximate surface area is 95.0 Å². The molecule has 0 amide bonds. The number of nitrogens with one attached hydrogen (secondary N) is 1. The van der Waals surface area contributed by atoms with Gasteiger partial charge in [0.1, 0.15) is 5.54 Å². The topological polar surface area (TPSA) is 75.4 Å². The van der Waals surface area contributed by atoms with Crippen LogP contribution in [0.4, 0.5) is 0 Å². The molecule has 1 rings (SSSR count). The maximum atomic E-state index is 11.3. The molecule has 15 heavy (non-hydrogen) atoms. The smallest absolute Gasteiger partial charge is 0.325 e. The van der Waals surface area contributed by atoms with Gasteiger partial charge >= 0.3 is 5.97 Å². The van der Waals surface area contributed by atoms with Gasteiger partial charge in [0, 0.05) is 6.04 Å². The first kappa shape index (κ1) is 12.8. The van der Waals surface area contributed by atoms with Crippen LogP contribution in [0.15, 0.2) is 0 Å². The number of carboxylic acids is 1. The molecule has 1 aliphatic heterocycles. The number of rotatable bonds is 5. The van der Waals surface area contributed by atoms with Gasteiger partial charge in [0.05, 0.1) is 0 Å². The zero-order valence-corrected chi connectivity index (χ0v) is 9.98. The van der Waals surface area contributed by atoms with Gasteiger partial charge in [-0.2, -0.15) is 11.8 Å². The Morgan fingerprint density at radius 1 is 1.67 bits per heavy atom. The summed E-state index contributed by atoms with van der Waals surface area (Å²) in [5, 5.41) is 12.5. The van der Waals surface area contributed by atoms with Crippen molar-refractivity contribution in [1.82, 2.24) is 5.32 Å². The molecule has 88 valence electrons. The van der Waals surface area contributed by atoms with Crippen LogP contribution in [0.25, 0.3) is 0 Å². The summed E-state index contributed by atoms with van der Waals surface area (Å²) in [6.45, 7) is 0.885. The summed E-state index contributed by atoms with van der Waals surface area (Å²) in [6, 6.07) is -0.0732. The van der Waals surface area contributed by atoms with Crippen molar-refractivity contribution in [3.05, 3.63) is 0 Å². The second kappa shape index (κ2) is 5.72. The van der Waals surface area contributed by atoms with Crippen LogP contribution < -0.4 is 11.1 Å². The summed E-state index contributed by atoms with van der Waals surface area (Å²) in [6.07, 6.45) is 5.56. The van der Waals surface area contributed by atoms with Crippen LogP contribution in [0.3, 0.4) is 0 Å². The SMILES string of the molecule is CSCCC(N)(C(=O)O)[C@@H]1CCCCN1. The Balaban J connectivity index is 2.65. The minimum Gasteiger partial charge on any atom is -0.480 e. The Morgan fingerprint density at radius 2 is 2.40 bits per heavy atom. The number of thioether (sulfide) groups is 1. The Kier molecular flexibility index (Phi) is 4.89. The van der Waals surface area contributed by atoms with Gasteiger partial charge in [-0.25, -0.2) is 0 Å². The molecule has 1 fully saturated rings. The number of hydrogen-bond acceptors (Lipinski definition) is 4. The summed E-state index contributed by atoms with van der Waals surface area (Å²) in [5.41, 5.74) is 4.93. The third-order valence-electron chi connectivity index (χ3n) is 3.05. The third kappa shape index (κ3) is 3.09. The van der Waals surface area contributed by atoms with Gasteiger partial charge in [0.2, 0.25) is 0 Å². The first-order valence-corrected chi connectivity index (χ1v) is 6.75. The molecule has 0 aromatic carbocycles. The molecule has 2 atom stereocenters. The maximum Gasteiger partial charge on any atom is 0.325 e. The summed E-state index contributed by atoms with van der Waals surface area (Å²) in [5.74, 6) is -0.0861. The molecular formula is C10H20N2O2S. The summed E-state index contributed by atoms with van der Waals surface area (Å²) < 4.78 is 0. The third-order valence-corrected chi connectivity index (χ3v) is 3.66. The number of hydrogen-bond donors (Lipinski definition) is 3. The molecule has 1 heterocycles. The molecule has 1 aliphatic rings. The molecular weight excluding hydrogens is 212 g/mol. The largest absolute Gasteiger partial charge is 0.480 e. The van der Waals surface area contributed by atoms with Gasteiger partial charge in [-0.15, -0.1) is 0 Å². The predicted octanol–water partition coefficient (Wildman–Crippen LogP) is 0.664. The molecule has 0 aromatic rings. The minimum absolute atomic E-state index is 0.0732. The second-order valence-corrected chi connectivity index (χ2v) is 5.08. The van der Waals surface area contributed by atoms with Crippen molar-refractivity contribution in [2.75, 3.05) is 18.6 Å². The second-order valence-electron chi connectivity index (χ2n) is 4.09. The average Bonchev–Trinajstić information content (AvgIpc) is 2.27. The standard InChI is InChI=1S/C10H20N2O2S/c1-15-7-5-10(11,9(13)14)8-4-2-3-6-12-8/h8,12H,2-7,11H2,1H3,(H,13,14)/t8-,10?/m0/s1. The first-order valence-electron chi connectivity index (χ1n) is 5.36. The number of carboxylic acid groups (broad SMARTS) is 1. The highest BCUT2D eigenvalue weighted by Crippen LogP contribution is 2.22. The van der Waals surface area contributed by atoms with Crippen LogP contribution >= 0.6 is 11.8 Å². The maximum absolute atomic E-state index is 11.3. The predicted molar refractivity (Wildman–Crippen MR) is 63.2 cm³/mol. The average molecular weight is 232 g/mol. The van der Waals surface area contributed by atoms with Crippen molar-refractivity contribution >= 4 is 17.7 Å². The summed E-state index contributed by atoms with van der Waals surface area (Å²) >= 11 is 1.64. The molecule has 0 saturated carbocycles. The van der Waals surface area contributed by atoms with Gasteiger partial charge in [-0.1, -0.05) is 6.42 Å². The van der Waals surface area contributed by atoms with Crippen LogP contribution in [0.1, 0.15) is 25.7 Å². The van der Waals surface area contributed by atoms with Crippen molar-refractivity contribution in [1.29, 1.82) is 0 Å². The highest BCUT2D eigenvalue weighted by atomic mass is 32.2. The molecule has 0 aromatic heterocycles. The van der Waals surface area contributed by atoms with E-state index in [1.165, 1.54) is 0 Å². The van der Waals surface area contributed by atoms with Crippen LogP contribution in [0.2, 0.25) is 0 Å². The van der Waals surface area contributed by atoms with E-state index in [2.05, 4.69) is 5.32 Å². The zero-order valence-electron chi connectivity index (χ0n) is 9.16. The van der Waals surface area contributed by atoms with Gasteiger partial charge in [0.15, 0.2) is 0 Å². The molecule has 0 radical (unpaired) electrons. The fourth-order valence-corrected chi connectivity index (χ4v) is 2.53. The van der Waals surface area contributed by atoms with Gasteiger partial charge in [-0.05, 0) is 37.8 Å². The van der Waals surface area contributed by atoms with E-state index in [-0.39, 0.29) is 6.04 Å². The number of carbonyl (C=O) groups is 1. The van der Waals surface area contributed by atoms with Gasteiger partial charge in [0.25, 0.3) is 0 Å². The monoisotopic (exact) mass is 232 g/mol. The highest BCUT2D eigenvalue weighted by molar-refractivity contribution is 7.98. The van der Waals surface area contributed by atoms with E-state index in [1.54, 1.807) is 11.8 Å². The molecule has 0 bridgehead atoms. The van der Waals surface area contributed by atoms with Gasteiger partial charge in [-0.3, -0.25) is 4.79 Å². The van der Waals surface area contributed by atoms with Crippen LogP contribution in [-0.2, 0) is 4.79 Å². The van der Waals surface area contributed by atoms with Crippen LogP contribution in [-0.4, -0.2) is 41.2 Å². The van der Waals surface area contributed by atoms with Crippen molar-refractivity contribution in [3.8, 4) is 0 Å². The lowest BCUT2D eigenvalue weighted by molar-refractivity contribution is -0.145. The van der Waals surface area contributed by atoms with Crippen molar-refractivity contribution in [2.24, 2.45) is 5.73 Å². The zero-order chi connectivity index (χ0) is 11.3. The first-order chi connectivity index (χ1) is 7.11. The number of aliphatic carboxylic acids is 1. The number of piperidine rings is 1. The lowest BCUT2D eigenvalue weighted by Gasteiger charge is -2.36. The Morgan fingerprint density at radius 3 is 2.87 bits per heavy atom. The van der Waals surface area contributed by atoms with E-state index in [1.807, 2.05) is 6.26 Å². The quantitative estimate of drug-likeness (QED) is 0.649. The molecule has 1 unspecified atom stereocenters. The van der Waals surface area contributed by atoms with Crippen LogP contribution in [0, 0.1) is 0 Å². The lowest BCUT2D eigenvalue weighted by atomic mass is 9.83. The fraction of sp³-hybridized carbons (Fsp3) is 0.900. The van der Waals surface area contributed by atoms with Crippen LogP contribution in [0.5, 0.6) is 0 Å². The Bertz CT molecular complexity index is 219. The van der Waals surface area contributed by atoms with E-state index in [9.17, 15) is 9.90 Å². The summed E-state index contributed by atoms with van der Waals surface area (Å²) in [4.78, 5) is 11.3. The van der Waals surface area contributed by atoms with Crippen molar-refractivity contribution in [3.63, 3.8) is 0 Å². The van der Waals surface area contributed by atoms with E-state index < -0.39 is 11.5 Å². The lowest BCUT2D eigenvalue weighted by Crippen LogP contribution is -2.63. The van der Waals surface area contributed by atoms with Gasteiger partial charge < -0.3 is 16.2 Å². The Hall–Kier alpha value is -0.260. The summed E-state index contributed by atoms with van der Waals surface area (Å²) in [7, 11) is 0. The van der Waals surface area contributed by atoms with Crippen molar-refractivity contribution in [2.45, 2.75) is 37.3 Å². The molecule has 4 nitrogen and oxygen atoms in total. The normalized spacial score (nSPS) is 25.9. The van der Waals surface area contributed by atoms with E-state index in [0.29, 0.717) is 6.42 Å².